The maximum Gasteiger partial charge on any atom is 0.471 e. The van der Waals surface area contributed by atoms with Crippen molar-refractivity contribution >= 4 is 5.78 Å². The standard InChI is InChI=1S/C16H17F3N4O2/c1-22-6-8-23(9-7-22)10-13(24)11-2-4-12(5-3-11)14-20-15(25-21-14)16(17,18)19/h2-5H,6-10H2,1H3. The molecule has 0 bridgehead atoms. The van der Waals surface area contributed by atoms with E-state index in [4.69, 9.17) is 0 Å². The van der Waals surface area contributed by atoms with Crippen molar-refractivity contribution in [3.8, 4) is 11.4 Å². The molecule has 1 aliphatic heterocycles. The predicted octanol–water partition coefficient (Wildman–Crippen LogP) is 2.19. The molecule has 0 N–H and O–H groups in total. The summed E-state index contributed by atoms with van der Waals surface area (Å²) < 4.78 is 41.7. The molecule has 3 rings (SSSR count). The zero-order valence-corrected chi connectivity index (χ0v) is 13.6. The fraction of sp³-hybridized carbons (Fsp3) is 0.438. The Labute approximate surface area is 142 Å². The van der Waals surface area contributed by atoms with Gasteiger partial charge in [0.05, 0.1) is 6.54 Å². The number of hydrogen-bond donors (Lipinski definition) is 0. The van der Waals surface area contributed by atoms with Gasteiger partial charge < -0.3 is 9.42 Å². The lowest BCUT2D eigenvalue weighted by Gasteiger charge is -2.31. The second-order valence-corrected chi connectivity index (χ2v) is 6.00. The monoisotopic (exact) mass is 354 g/mol. The summed E-state index contributed by atoms with van der Waals surface area (Å²) in [6.45, 7) is 3.84. The van der Waals surface area contributed by atoms with E-state index >= 15 is 0 Å². The fourth-order valence-electron chi connectivity index (χ4n) is 2.56. The molecule has 9 heteroatoms. The number of nitrogens with zero attached hydrogens (tertiary/aromatic N) is 4. The van der Waals surface area contributed by atoms with Gasteiger partial charge >= 0.3 is 12.1 Å². The molecule has 1 aromatic carbocycles. The van der Waals surface area contributed by atoms with Crippen LogP contribution < -0.4 is 0 Å². The molecular formula is C16H17F3N4O2. The predicted molar refractivity (Wildman–Crippen MR) is 83.0 cm³/mol. The van der Waals surface area contributed by atoms with E-state index in [1.165, 1.54) is 12.1 Å². The highest BCUT2D eigenvalue weighted by molar-refractivity contribution is 5.97. The molecule has 2 aromatic rings. The van der Waals surface area contributed by atoms with Crippen LogP contribution in [0.2, 0.25) is 0 Å². The number of rotatable bonds is 4. The summed E-state index contributed by atoms with van der Waals surface area (Å²) in [7, 11) is 2.04. The normalized spacial score (nSPS) is 17.0. The number of ketones is 1. The molecule has 0 radical (unpaired) electrons. The highest BCUT2D eigenvalue weighted by Crippen LogP contribution is 2.29. The van der Waals surface area contributed by atoms with Gasteiger partial charge in [-0.25, -0.2) is 0 Å². The number of alkyl halides is 3. The molecule has 0 aliphatic carbocycles. The second kappa shape index (κ2) is 6.93. The summed E-state index contributed by atoms with van der Waals surface area (Å²) in [6.07, 6.45) is -4.68. The van der Waals surface area contributed by atoms with Crippen LogP contribution in [-0.4, -0.2) is 65.5 Å². The molecule has 134 valence electrons. The third kappa shape index (κ3) is 4.23. The highest BCUT2D eigenvalue weighted by Gasteiger charge is 2.38. The fourth-order valence-corrected chi connectivity index (χ4v) is 2.56. The third-order valence-corrected chi connectivity index (χ3v) is 4.10. The minimum absolute atomic E-state index is 0.0276. The van der Waals surface area contributed by atoms with Crippen LogP contribution in [-0.2, 0) is 6.18 Å². The largest absolute Gasteiger partial charge is 0.471 e. The van der Waals surface area contributed by atoms with Crippen LogP contribution in [0, 0.1) is 0 Å². The van der Waals surface area contributed by atoms with Gasteiger partial charge in [0.25, 0.3) is 0 Å². The number of benzene rings is 1. The number of carbonyl (C=O) groups excluding carboxylic acids is 1. The molecule has 0 unspecified atom stereocenters. The molecule has 1 saturated heterocycles. The lowest BCUT2D eigenvalue weighted by molar-refractivity contribution is -0.159. The third-order valence-electron chi connectivity index (χ3n) is 4.10. The number of likely N-dealkylation sites (N-methyl/N-ethyl adjacent to an activating group) is 1. The lowest BCUT2D eigenvalue weighted by atomic mass is 10.1. The van der Waals surface area contributed by atoms with Gasteiger partial charge in [-0.2, -0.15) is 18.2 Å². The molecule has 0 saturated carbocycles. The van der Waals surface area contributed by atoms with Crippen molar-refractivity contribution < 1.29 is 22.5 Å². The first-order chi connectivity index (χ1) is 11.8. The molecule has 1 aromatic heterocycles. The van der Waals surface area contributed by atoms with Crippen LogP contribution >= 0.6 is 0 Å². The number of aromatic nitrogens is 2. The molecule has 0 spiro atoms. The Balaban J connectivity index is 1.65. The number of halogens is 3. The minimum atomic E-state index is -4.68. The van der Waals surface area contributed by atoms with Gasteiger partial charge in [0, 0.05) is 37.3 Å². The van der Waals surface area contributed by atoms with Crippen LogP contribution in [0.15, 0.2) is 28.8 Å². The second-order valence-electron chi connectivity index (χ2n) is 6.00. The Hall–Kier alpha value is -2.26. The smallest absolute Gasteiger partial charge is 0.329 e. The maximum atomic E-state index is 12.5. The van der Waals surface area contributed by atoms with Crippen LogP contribution in [0.3, 0.4) is 0 Å². The van der Waals surface area contributed by atoms with Crippen molar-refractivity contribution in [2.45, 2.75) is 6.18 Å². The highest BCUT2D eigenvalue weighted by atomic mass is 19.4. The van der Waals surface area contributed by atoms with Gasteiger partial charge in [0.15, 0.2) is 5.78 Å². The number of hydrogen-bond acceptors (Lipinski definition) is 6. The quantitative estimate of drug-likeness (QED) is 0.785. The zero-order valence-electron chi connectivity index (χ0n) is 13.6. The summed E-state index contributed by atoms with van der Waals surface area (Å²) in [5.41, 5.74) is 0.859. The van der Waals surface area contributed by atoms with Gasteiger partial charge in [-0.05, 0) is 7.05 Å². The summed E-state index contributed by atoms with van der Waals surface area (Å²) in [5.74, 6) is -1.58. The molecule has 1 aliphatic rings. The van der Waals surface area contributed by atoms with E-state index in [0.717, 1.165) is 26.2 Å². The minimum Gasteiger partial charge on any atom is -0.329 e. The average Bonchev–Trinajstić information content (AvgIpc) is 3.07. The Morgan fingerprint density at radius 2 is 1.80 bits per heavy atom. The van der Waals surface area contributed by atoms with Crippen molar-refractivity contribution in [2.75, 3.05) is 39.8 Å². The van der Waals surface area contributed by atoms with E-state index in [-0.39, 0.29) is 11.6 Å². The van der Waals surface area contributed by atoms with E-state index in [1.54, 1.807) is 12.1 Å². The van der Waals surface area contributed by atoms with E-state index in [2.05, 4.69) is 24.5 Å². The first-order valence-electron chi connectivity index (χ1n) is 7.78. The van der Waals surface area contributed by atoms with Crippen molar-refractivity contribution in [3.63, 3.8) is 0 Å². The van der Waals surface area contributed by atoms with Crippen molar-refractivity contribution in [3.05, 3.63) is 35.7 Å². The Bertz CT molecular complexity index is 735. The molecule has 0 atom stereocenters. The number of carbonyl (C=O) groups is 1. The van der Waals surface area contributed by atoms with E-state index in [1.807, 2.05) is 7.05 Å². The first-order valence-corrected chi connectivity index (χ1v) is 7.78. The molecule has 25 heavy (non-hydrogen) atoms. The van der Waals surface area contributed by atoms with Crippen LogP contribution in [0.4, 0.5) is 13.2 Å². The summed E-state index contributed by atoms with van der Waals surface area (Å²) in [6, 6.07) is 6.17. The SMILES string of the molecule is CN1CCN(CC(=O)c2ccc(-c3noc(C(F)(F)F)n3)cc2)CC1. The molecule has 6 nitrogen and oxygen atoms in total. The summed E-state index contributed by atoms with van der Waals surface area (Å²) in [5, 5.41) is 3.32. The van der Waals surface area contributed by atoms with Crippen LogP contribution in [0.25, 0.3) is 11.4 Å². The number of piperazine rings is 1. The zero-order chi connectivity index (χ0) is 18.0. The van der Waals surface area contributed by atoms with E-state index in [0.29, 0.717) is 17.7 Å². The maximum absolute atomic E-state index is 12.5. The van der Waals surface area contributed by atoms with Gasteiger partial charge in [-0.15, -0.1) is 0 Å². The van der Waals surface area contributed by atoms with Crippen molar-refractivity contribution in [1.82, 2.24) is 19.9 Å². The van der Waals surface area contributed by atoms with E-state index in [9.17, 15) is 18.0 Å². The molecule has 1 fully saturated rings. The summed E-state index contributed by atoms with van der Waals surface area (Å²) >= 11 is 0. The van der Waals surface area contributed by atoms with Gasteiger partial charge in [-0.1, -0.05) is 29.4 Å². The topological polar surface area (TPSA) is 62.5 Å². The molecular weight excluding hydrogens is 337 g/mol. The lowest BCUT2D eigenvalue weighted by Crippen LogP contribution is -2.46. The van der Waals surface area contributed by atoms with Crippen molar-refractivity contribution in [1.29, 1.82) is 0 Å². The van der Waals surface area contributed by atoms with Crippen molar-refractivity contribution in [2.24, 2.45) is 0 Å². The van der Waals surface area contributed by atoms with Gasteiger partial charge in [0.1, 0.15) is 0 Å². The first kappa shape index (κ1) is 17.6. The van der Waals surface area contributed by atoms with Gasteiger partial charge in [0.2, 0.25) is 5.82 Å². The van der Waals surface area contributed by atoms with Crippen LogP contribution in [0.1, 0.15) is 16.2 Å². The Kier molecular flexibility index (Phi) is 4.87. The summed E-state index contributed by atoms with van der Waals surface area (Å²) in [4.78, 5) is 19.9. The Morgan fingerprint density at radius 3 is 2.36 bits per heavy atom. The molecule has 0 amide bonds. The number of Topliss-reactive ketones (excluding diaryl/α,β-unsaturated/α-hetero) is 1. The van der Waals surface area contributed by atoms with Gasteiger partial charge in [-0.3, -0.25) is 9.69 Å². The Morgan fingerprint density at radius 1 is 1.16 bits per heavy atom. The van der Waals surface area contributed by atoms with Crippen LogP contribution in [0.5, 0.6) is 0 Å². The van der Waals surface area contributed by atoms with E-state index < -0.39 is 12.1 Å². The average molecular weight is 354 g/mol. The molecule has 2 heterocycles.